The molecule has 0 spiro atoms. The fourth-order valence-electron chi connectivity index (χ4n) is 4.78. The number of aromatic nitrogens is 2. The second-order valence-corrected chi connectivity index (χ2v) is 16.3. The molecule has 0 aliphatic carbocycles. The molecule has 6 heteroatoms. The van der Waals surface area contributed by atoms with E-state index in [9.17, 15) is 0 Å². The molecule has 162 valence electrons. The maximum Gasteiger partial charge on any atom is 0.168 e. The molecule has 0 amide bonds. The van der Waals surface area contributed by atoms with E-state index in [2.05, 4.69) is 39.8 Å². The number of hydrogen-bond donors (Lipinski definition) is 0. The Morgan fingerprint density at radius 3 is 1.97 bits per heavy atom. The highest BCUT2D eigenvalue weighted by molar-refractivity contribution is 7.31. The molecule has 4 rings (SSSR count). The van der Waals surface area contributed by atoms with E-state index in [0.717, 1.165) is 0 Å². The van der Waals surface area contributed by atoms with Crippen molar-refractivity contribution in [3.05, 3.63) is 22.0 Å². The van der Waals surface area contributed by atoms with Crippen molar-refractivity contribution in [3.63, 3.8) is 0 Å². The Kier molecular flexibility index (Phi) is 7.28. The third-order valence-electron chi connectivity index (χ3n) is 6.34. The van der Waals surface area contributed by atoms with Gasteiger partial charge in [0.2, 0.25) is 0 Å². The lowest BCUT2D eigenvalue weighted by Crippen LogP contribution is -2.56. The molecular formula is C24H34N2S3Si. The Balaban J connectivity index is 1.74. The van der Waals surface area contributed by atoms with Crippen LogP contribution in [0.1, 0.15) is 75.1 Å². The third-order valence-corrected chi connectivity index (χ3v) is 15.0. The van der Waals surface area contributed by atoms with Gasteiger partial charge in [0.05, 0.1) is 30.3 Å². The summed E-state index contributed by atoms with van der Waals surface area (Å²) in [5.74, 6) is 0. The summed E-state index contributed by atoms with van der Waals surface area (Å²) in [5, 5.41) is 5.48. The summed E-state index contributed by atoms with van der Waals surface area (Å²) in [7, 11) is -1.85. The summed E-state index contributed by atoms with van der Waals surface area (Å²) >= 11 is 5.74. The smallest absolute Gasteiger partial charge is 0.168 e. The first kappa shape index (κ1) is 22.4. The zero-order chi connectivity index (χ0) is 21.1. The number of hydrogen-bond acceptors (Lipinski definition) is 5. The molecule has 0 fully saturated rings. The minimum atomic E-state index is -1.85. The van der Waals surface area contributed by atoms with Gasteiger partial charge in [0.1, 0.15) is 5.01 Å². The van der Waals surface area contributed by atoms with Crippen LogP contribution >= 0.6 is 34.0 Å². The second kappa shape index (κ2) is 9.76. The van der Waals surface area contributed by atoms with Crippen molar-refractivity contribution < 1.29 is 0 Å². The predicted octanol–water partition coefficient (Wildman–Crippen LogP) is 7.65. The fourth-order valence-corrected chi connectivity index (χ4v) is 14.4. The lowest BCUT2D eigenvalue weighted by molar-refractivity contribution is 0.684. The molecule has 0 atom stereocenters. The topological polar surface area (TPSA) is 25.8 Å². The summed E-state index contributed by atoms with van der Waals surface area (Å²) in [4.78, 5) is 16.3. The van der Waals surface area contributed by atoms with Gasteiger partial charge in [0.25, 0.3) is 0 Å². The van der Waals surface area contributed by atoms with Crippen molar-refractivity contribution in [1.29, 1.82) is 0 Å². The summed E-state index contributed by atoms with van der Waals surface area (Å²) < 4.78 is 0. The average Bonchev–Trinajstić information content (AvgIpc) is 3.47. The molecule has 1 aliphatic rings. The van der Waals surface area contributed by atoms with E-state index < -0.39 is 8.07 Å². The van der Waals surface area contributed by atoms with Crippen LogP contribution in [0.3, 0.4) is 0 Å². The molecule has 0 radical (unpaired) electrons. The van der Waals surface area contributed by atoms with E-state index in [-0.39, 0.29) is 0 Å². The van der Waals surface area contributed by atoms with Gasteiger partial charge in [-0.15, -0.1) is 34.0 Å². The number of thiazole rings is 2. The molecule has 1 aliphatic heterocycles. The van der Waals surface area contributed by atoms with Crippen molar-refractivity contribution in [1.82, 2.24) is 9.97 Å². The quantitative estimate of drug-likeness (QED) is 0.211. The van der Waals surface area contributed by atoms with Crippen LogP contribution in [0.25, 0.3) is 19.6 Å². The molecule has 0 saturated heterocycles. The Morgan fingerprint density at radius 2 is 1.37 bits per heavy atom. The monoisotopic (exact) mass is 474 g/mol. The first-order chi connectivity index (χ1) is 14.6. The largest absolute Gasteiger partial charge is 0.250 e. The van der Waals surface area contributed by atoms with E-state index in [1.165, 1.54) is 104 Å². The van der Waals surface area contributed by atoms with Gasteiger partial charge in [0.15, 0.2) is 8.07 Å². The van der Waals surface area contributed by atoms with Crippen molar-refractivity contribution in [2.45, 2.75) is 91.1 Å². The maximum absolute atomic E-state index is 5.40. The van der Waals surface area contributed by atoms with Gasteiger partial charge >= 0.3 is 0 Å². The minimum Gasteiger partial charge on any atom is -0.250 e. The molecule has 30 heavy (non-hydrogen) atoms. The number of rotatable bonds is 11. The predicted molar refractivity (Wildman–Crippen MR) is 139 cm³/mol. The van der Waals surface area contributed by atoms with E-state index in [1.54, 1.807) is 0 Å². The molecule has 2 nitrogen and oxygen atoms in total. The van der Waals surface area contributed by atoms with Gasteiger partial charge in [-0.2, -0.15) is 0 Å². The first-order valence-electron chi connectivity index (χ1n) is 11.7. The summed E-state index contributed by atoms with van der Waals surface area (Å²) in [5.41, 5.74) is 0. The van der Waals surface area contributed by atoms with Crippen LogP contribution in [0, 0.1) is 13.8 Å². The van der Waals surface area contributed by atoms with Crippen LogP contribution in [0.2, 0.25) is 12.1 Å². The van der Waals surface area contributed by atoms with Crippen LogP contribution in [0.5, 0.6) is 0 Å². The summed E-state index contributed by atoms with van der Waals surface area (Å²) in [6, 6.07) is 7.18. The number of fused-ring (bicyclic) bond motifs is 3. The van der Waals surface area contributed by atoms with Crippen molar-refractivity contribution in [2.24, 2.45) is 0 Å². The lowest BCUT2D eigenvalue weighted by Gasteiger charge is -2.26. The van der Waals surface area contributed by atoms with Crippen molar-refractivity contribution in [3.8, 4) is 19.6 Å². The van der Waals surface area contributed by atoms with Gasteiger partial charge in [-0.1, -0.05) is 65.2 Å². The van der Waals surface area contributed by atoms with Gasteiger partial charge < -0.3 is 0 Å². The van der Waals surface area contributed by atoms with Crippen LogP contribution in [-0.2, 0) is 0 Å². The zero-order valence-electron chi connectivity index (χ0n) is 18.8. The third kappa shape index (κ3) is 4.25. The average molecular weight is 475 g/mol. The number of nitrogens with zero attached hydrogens (tertiary/aromatic N) is 2. The molecule has 0 bridgehead atoms. The summed E-state index contributed by atoms with van der Waals surface area (Å²) in [6.45, 7) is 9.01. The highest BCUT2D eigenvalue weighted by atomic mass is 32.1. The molecule has 3 aromatic heterocycles. The van der Waals surface area contributed by atoms with Crippen LogP contribution in [0.15, 0.2) is 12.1 Å². The van der Waals surface area contributed by atoms with Gasteiger partial charge in [0, 0.05) is 4.88 Å². The molecule has 0 unspecified atom stereocenters. The zero-order valence-corrected chi connectivity index (χ0v) is 22.3. The van der Waals surface area contributed by atoms with E-state index >= 15 is 0 Å². The number of aryl methyl sites for hydroxylation is 2. The lowest BCUT2D eigenvalue weighted by atomic mass is 10.2. The van der Waals surface area contributed by atoms with E-state index in [1.807, 2.05) is 34.0 Å². The molecule has 0 N–H and O–H groups in total. The molecule has 0 aromatic carbocycles. The highest BCUT2D eigenvalue weighted by Gasteiger charge is 2.50. The fraction of sp³-hybridized carbons (Fsp3) is 0.583. The Labute approximate surface area is 194 Å². The van der Waals surface area contributed by atoms with E-state index in [0.29, 0.717) is 0 Å². The Hall–Kier alpha value is -0.823. The van der Waals surface area contributed by atoms with Crippen LogP contribution < -0.4 is 10.6 Å². The van der Waals surface area contributed by atoms with Gasteiger partial charge in [-0.3, -0.25) is 4.98 Å². The molecule has 0 saturated carbocycles. The van der Waals surface area contributed by atoms with Gasteiger partial charge in [-0.05, 0) is 38.1 Å². The van der Waals surface area contributed by atoms with E-state index in [4.69, 9.17) is 9.97 Å². The highest BCUT2D eigenvalue weighted by Crippen LogP contribution is 2.43. The SMILES string of the molecule is CCCCCC[Si]1(CCCCCC)c2nc(C)sc2-c2sc(-c3ccc(C)s3)nc21. The first-order valence-corrected chi connectivity index (χ1v) is 16.5. The second-order valence-electron chi connectivity index (χ2n) is 8.72. The molecular weight excluding hydrogens is 441 g/mol. The summed E-state index contributed by atoms with van der Waals surface area (Å²) in [6.07, 6.45) is 10.7. The Morgan fingerprint density at radius 1 is 0.733 bits per heavy atom. The van der Waals surface area contributed by atoms with Crippen molar-refractivity contribution >= 4 is 52.7 Å². The molecule has 4 heterocycles. The standard InChI is InChI=1S/C24H34N2S3Si/c1-5-7-9-11-15-30(16-12-10-8-6-2)23-20(28-18(4)25-23)21-24(30)26-22(29-21)19-14-13-17(3)27-19/h13-14H,5-12,15-16H2,1-4H3. The van der Waals surface area contributed by atoms with Crippen molar-refractivity contribution in [2.75, 3.05) is 0 Å². The number of thiophene rings is 1. The van der Waals surface area contributed by atoms with Crippen LogP contribution in [-0.4, -0.2) is 18.0 Å². The number of unbranched alkanes of at least 4 members (excludes halogenated alkanes) is 6. The minimum absolute atomic E-state index is 1.24. The maximum atomic E-state index is 5.40. The Bertz CT molecular complexity index is 973. The van der Waals surface area contributed by atoms with Crippen LogP contribution in [0.4, 0.5) is 0 Å². The normalized spacial score (nSPS) is 14.3. The van der Waals surface area contributed by atoms with Gasteiger partial charge in [-0.25, -0.2) is 4.98 Å². The molecule has 3 aromatic rings.